The first-order chi connectivity index (χ1) is 8.89. The number of aromatic nitrogens is 1. The van der Waals surface area contributed by atoms with Crippen molar-refractivity contribution in [2.75, 3.05) is 7.05 Å². The smallest absolute Gasteiger partial charge is 0.254 e. The van der Waals surface area contributed by atoms with Gasteiger partial charge < -0.3 is 4.90 Å². The third-order valence-corrected chi connectivity index (χ3v) is 4.15. The lowest BCUT2D eigenvalue weighted by atomic mass is 9.75. The van der Waals surface area contributed by atoms with Gasteiger partial charge in [-0.1, -0.05) is 13.8 Å². The van der Waals surface area contributed by atoms with Crippen molar-refractivity contribution in [1.82, 2.24) is 9.88 Å². The van der Waals surface area contributed by atoms with Crippen LogP contribution in [0.5, 0.6) is 0 Å². The summed E-state index contributed by atoms with van der Waals surface area (Å²) in [4.78, 5) is 17.5. The van der Waals surface area contributed by atoms with E-state index in [9.17, 15) is 9.18 Å². The molecule has 0 N–H and O–H groups in total. The molecule has 1 amide bonds. The molecule has 1 fully saturated rings. The summed E-state index contributed by atoms with van der Waals surface area (Å²) in [5, 5.41) is 0. The van der Waals surface area contributed by atoms with E-state index in [4.69, 9.17) is 0 Å². The fourth-order valence-electron chi connectivity index (χ4n) is 2.68. The van der Waals surface area contributed by atoms with Gasteiger partial charge in [0, 0.05) is 30.9 Å². The molecule has 3 nitrogen and oxygen atoms in total. The number of nitrogens with zero attached hydrogens (tertiary/aromatic N) is 2. The lowest BCUT2D eigenvalue weighted by Gasteiger charge is -2.38. The Bertz CT molecular complexity index is 463. The molecule has 0 radical (unpaired) electrons. The third kappa shape index (κ3) is 3.31. The summed E-state index contributed by atoms with van der Waals surface area (Å²) in [6, 6.07) is 3.03. The fourth-order valence-corrected chi connectivity index (χ4v) is 2.68. The molecule has 0 spiro atoms. The van der Waals surface area contributed by atoms with Crippen molar-refractivity contribution < 1.29 is 9.18 Å². The number of carbonyl (C=O) groups is 1. The highest BCUT2D eigenvalue weighted by Crippen LogP contribution is 2.36. The van der Waals surface area contributed by atoms with Gasteiger partial charge in [0.15, 0.2) is 0 Å². The zero-order chi connectivity index (χ0) is 14.0. The van der Waals surface area contributed by atoms with Crippen molar-refractivity contribution in [3.63, 3.8) is 0 Å². The van der Waals surface area contributed by atoms with Gasteiger partial charge in [-0.15, -0.1) is 0 Å². The Morgan fingerprint density at radius 1 is 1.42 bits per heavy atom. The topological polar surface area (TPSA) is 33.2 Å². The van der Waals surface area contributed by atoms with Crippen LogP contribution in [-0.4, -0.2) is 28.9 Å². The second-order valence-electron chi connectivity index (χ2n) is 6.18. The summed E-state index contributed by atoms with van der Waals surface area (Å²) >= 11 is 0. The minimum atomic E-state index is -0.607. The number of carbonyl (C=O) groups excluding carboxylic acids is 1. The second-order valence-corrected chi connectivity index (χ2v) is 6.18. The van der Waals surface area contributed by atoms with Crippen molar-refractivity contribution in [3.05, 3.63) is 29.8 Å². The Balaban J connectivity index is 2.04. The van der Waals surface area contributed by atoms with Crippen LogP contribution in [0.25, 0.3) is 0 Å². The second kappa shape index (κ2) is 5.27. The lowest BCUT2D eigenvalue weighted by Crippen LogP contribution is -2.40. The molecular weight excluding hydrogens is 243 g/mol. The van der Waals surface area contributed by atoms with E-state index >= 15 is 0 Å². The average molecular weight is 264 g/mol. The van der Waals surface area contributed by atoms with Gasteiger partial charge in [0.25, 0.3) is 5.91 Å². The Morgan fingerprint density at radius 2 is 2.05 bits per heavy atom. The predicted octanol–water partition coefficient (Wildman–Crippen LogP) is 3.26. The number of hydrogen-bond acceptors (Lipinski definition) is 2. The van der Waals surface area contributed by atoms with Gasteiger partial charge in [0.2, 0.25) is 5.95 Å². The monoisotopic (exact) mass is 264 g/mol. The van der Waals surface area contributed by atoms with E-state index in [1.165, 1.54) is 12.3 Å². The molecule has 4 heteroatoms. The Labute approximate surface area is 113 Å². The van der Waals surface area contributed by atoms with Crippen LogP contribution < -0.4 is 0 Å². The molecule has 1 aliphatic rings. The van der Waals surface area contributed by atoms with Gasteiger partial charge in [-0.05, 0) is 37.2 Å². The van der Waals surface area contributed by atoms with Gasteiger partial charge >= 0.3 is 0 Å². The van der Waals surface area contributed by atoms with E-state index in [0.717, 1.165) is 25.7 Å². The molecule has 1 aliphatic carbocycles. The Morgan fingerprint density at radius 3 is 2.63 bits per heavy atom. The third-order valence-electron chi connectivity index (χ3n) is 4.15. The van der Waals surface area contributed by atoms with E-state index in [-0.39, 0.29) is 11.9 Å². The maximum absolute atomic E-state index is 13.1. The molecule has 0 atom stereocenters. The van der Waals surface area contributed by atoms with Crippen LogP contribution in [0, 0.1) is 11.4 Å². The molecule has 1 aromatic heterocycles. The SMILES string of the molecule is CN(C(=O)c1ccnc(F)c1)C1CCC(C)(C)CC1. The van der Waals surface area contributed by atoms with Crippen LogP contribution in [0.4, 0.5) is 4.39 Å². The summed E-state index contributed by atoms with van der Waals surface area (Å²) in [5.74, 6) is -0.727. The van der Waals surface area contributed by atoms with Gasteiger partial charge in [0.1, 0.15) is 0 Å². The zero-order valence-electron chi connectivity index (χ0n) is 11.8. The summed E-state index contributed by atoms with van der Waals surface area (Å²) in [5.41, 5.74) is 0.753. The van der Waals surface area contributed by atoms with Gasteiger partial charge in [-0.25, -0.2) is 4.98 Å². The molecule has 1 saturated carbocycles. The van der Waals surface area contributed by atoms with Crippen LogP contribution >= 0.6 is 0 Å². The van der Waals surface area contributed by atoms with E-state index in [0.29, 0.717) is 11.0 Å². The van der Waals surface area contributed by atoms with E-state index in [2.05, 4.69) is 18.8 Å². The Kier molecular flexibility index (Phi) is 3.88. The molecule has 0 aromatic carbocycles. The molecular formula is C15H21FN2O. The van der Waals surface area contributed by atoms with Crippen molar-refractivity contribution >= 4 is 5.91 Å². The summed E-state index contributed by atoms with van der Waals surface area (Å²) < 4.78 is 13.1. The molecule has 1 heterocycles. The molecule has 0 unspecified atom stereocenters. The highest BCUT2D eigenvalue weighted by atomic mass is 19.1. The average Bonchev–Trinajstić information content (AvgIpc) is 2.37. The number of rotatable bonds is 2. The maximum Gasteiger partial charge on any atom is 0.254 e. The van der Waals surface area contributed by atoms with Gasteiger partial charge in [-0.2, -0.15) is 4.39 Å². The molecule has 2 rings (SSSR count). The Hall–Kier alpha value is -1.45. The van der Waals surface area contributed by atoms with Crippen LogP contribution in [-0.2, 0) is 0 Å². The largest absolute Gasteiger partial charge is 0.339 e. The number of halogens is 1. The van der Waals surface area contributed by atoms with E-state index < -0.39 is 5.95 Å². The number of pyridine rings is 1. The van der Waals surface area contributed by atoms with Crippen molar-refractivity contribution in [1.29, 1.82) is 0 Å². The summed E-state index contributed by atoms with van der Waals surface area (Å²) in [6.07, 6.45) is 5.62. The molecule has 0 saturated heterocycles. The quantitative estimate of drug-likeness (QED) is 0.768. The molecule has 104 valence electrons. The standard InChI is InChI=1S/C15H21FN2O/c1-15(2)7-4-12(5-8-15)18(3)14(19)11-6-9-17-13(16)10-11/h6,9-10,12H,4-5,7-8H2,1-3H3. The summed E-state index contributed by atoms with van der Waals surface area (Å²) in [6.45, 7) is 4.53. The van der Waals surface area contributed by atoms with Crippen LogP contribution in [0.15, 0.2) is 18.3 Å². The number of amides is 1. The van der Waals surface area contributed by atoms with Gasteiger partial charge in [-0.3, -0.25) is 4.79 Å². The molecule has 0 bridgehead atoms. The first kappa shape index (κ1) is 14.0. The highest BCUT2D eigenvalue weighted by Gasteiger charge is 2.30. The predicted molar refractivity (Wildman–Crippen MR) is 72.3 cm³/mol. The first-order valence-corrected chi connectivity index (χ1v) is 6.78. The van der Waals surface area contributed by atoms with E-state index in [1.54, 1.807) is 11.0 Å². The minimum absolute atomic E-state index is 0.119. The maximum atomic E-state index is 13.1. The van der Waals surface area contributed by atoms with Crippen molar-refractivity contribution in [2.45, 2.75) is 45.6 Å². The fraction of sp³-hybridized carbons (Fsp3) is 0.600. The lowest BCUT2D eigenvalue weighted by molar-refractivity contribution is 0.0634. The zero-order valence-corrected chi connectivity index (χ0v) is 11.8. The highest BCUT2D eigenvalue weighted by molar-refractivity contribution is 5.94. The van der Waals surface area contributed by atoms with E-state index in [1.807, 2.05) is 7.05 Å². The summed E-state index contributed by atoms with van der Waals surface area (Å²) in [7, 11) is 1.81. The molecule has 1 aromatic rings. The van der Waals surface area contributed by atoms with Crippen LogP contribution in [0.1, 0.15) is 49.9 Å². The van der Waals surface area contributed by atoms with Gasteiger partial charge in [0.05, 0.1) is 0 Å². The van der Waals surface area contributed by atoms with Crippen molar-refractivity contribution in [3.8, 4) is 0 Å². The minimum Gasteiger partial charge on any atom is -0.339 e. The first-order valence-electron chi connectivity index (χ1n) is 6.78. The molecule has 19 heavy (non-hydrogen) atoms. The molecule has 0 aliphatic heterocycles. The van der Waals surface area contributed by atoms with Crippen LogP contribution in [0.2, 0.25) is 0 Å². The normalized spacial score (nSPS) is 19.2. The number of hydrogen-bond donors (Lipinski definition) is 0. The van der Waals surface area contributed by atoms with Crippen LogP contribution in [0.3, 0.4) is 0 Å². The van der Waals surface area contributed by atoms with Crippen molar-refractivity contribution in [2.24, 2.45) is 5.41 Å².